The van der Waals surface area contributed by atoms with Crippen molar-refractivity contribution in [3.05, 3.63) is 210 Å². The number of thiophene rings is 1. The van der Waals surface area contributed by atoms with Gasteiger partial charge in [-0.25, -0.2) is 0 Å². The summed E-state index contributed by atoms with van der Waals surface area (Å²) in [6.45, 7) is 3.02. The van der Waals surface area contributed by atoms with Crippen LogP contribution in [0.2, 0.25) is 0 Å². The lowest BCUT2D eigenvalue weighted by Crippen LogP contribution is -2.40. The van der Waals surface area contributed by atoms with E-state index in [1.165, 1.54) is 59.1 Å². The van der Waals surface area contributed by atoms with Gasteiger partial charge in [0.1, 0.15) is 0 Å². The molecule has 2 aliphatic carbocycles. The van der Waals surface area contributed by atoms with Gasteiger partial charge in [-0.15, -0.1) is 11.3 Å². The predicted octanol–water partition coefficient (Wildman–Crippen LogP) is 12.6. The maximum absolute atomic E-state index is 7.02. The van der Waals surface area contributed by atoms with E-state index in [1.807, 2.05) is 11.3 Å². The lowest BCUT2D eigenvalue weighted by Gasteiger charge is -2.37. The highest BCUT2D eigenvalue weighted by Gasteiger charge is 2.49. The van der Waals surface area contributed by atoms with Gasteiger partial charge in [0.2, 0.25) is 0 Å². The molecular formula is C51H37NO2S. The first kappa shape index (κ1) is 32.1. The molecule has 11 rings (SSSR count). The van der Waals surface area contributed by atoms with Crippen LogP contribution in [0.5, 0.6) is 11.5 Å². The van der Waals surface area contributed by atoms with Gasteiger partial charge in [0.05, 0.1) is 5.41 Å². The van der Waals surface area contributed by atoms with E-state index in [0.717, 1.165) is 35.0 Å². The van der Waals surface area contributed by atoms with E-state index in [1.54, 1.807) is 0 Å². The topological polar surface area (TPSA) is 21.7 Å². The summed E-state index contributed by atoms with van der Waals surface area (Å²) in [6.07, 6.45) is 6.08. The molecule has 8 aromatic rings. The Morgan fingerprint density at radius 2 is 1.29 bits per heavy atom. The summed E-state index contributed by atoms with van der Waals surface area (Å²) in [5.74, 6) is 1.60. The number of benzene rings is 7. The molecule has 0 radical (unpaired) electrons. The van der Waals surface area contributed by atoms with Gasteiger partial charge in [-0.3, -0.25) is 0 Å². The summed E-state index contributed by atoms with van der Waals surface area (Å²) < 4.78 is 16.5. The average molecular weight is 728 g/mol. The zero-order valence-electron chi connectivity index (χ0n) is 30.4. The van der Waals surface area contributed by atoms with Crippen LogP contribution in [-0.2, 0) is 5.41 Å². The largest absolute Gasteiger partial charge is 0.478 e. The molecule has 0 bridgehead atoms. The molecule has 0 N–H and O–H groups in total. The van der Waals surface area contributed by atoms with Crippen molar-refractivity contribution in [1.29, 1.82) is 0 Å². The van der Waals surface area contributed by atoms with E-state index in [2.05, 4.69) is 194 Å². The highest BCUT2D eigenvalue weighted by atomic mass is 32.1. The summed E-state index contributed by atoms with van der Waals surface area (Å²) in [5.41, 5.74) is 11.5. The van der Waals surface area contributed by atoms with Crippen molar-refractivity contribution in [1.82, 2.24) is 0 Å². The molecule has 2 heterocycles. The molecule has 3 aliphatic rings. The monoisotopic (exact) mass is 727 g/mol. The van der Waals surface area contributed by atoms with Gasteiger partial charge in [-0.05, 0) is 94.4 Å². The van der Waals surface area contributed by atoms with Crippen LogP contribution in [0.25, 0.3) is 42.4 Å². The SMILES string of the molecule is CCN(C1=CC2Oc3ccc4c(c3OC2C=C1)-c1ccccc1C4(c1ccccc1)c1ccccc1)c1ccc(-c2cccc3sc4ccccc4c23)cc1. The number of hydrogen-bond acceptors (Lipinski definition) is 4. The fraction of sp³-hybridized carbons (Fsp3) is 0.0980. The first-order valence-corrected chi connectivity index (χ1v) is 19.9. The van der Waals surface area contributed by atoms with Crippen molar-refractivity contribution in [2.24, 2.45) is 0 Å². The van der Waals surface area contributed by atoms with Crippen molar-refractivity contribution in [2.75, 3.05) is 11.4 Å². The van der Waals surface area contributed by atoms with E-state index in [0.29, 0.717) is 0 Å². The minimum atomic E-state index is -0.486. The van der Waals surface area contributed by atoms with Crippen molar-refractivity contribution < 1.29 is 9.47 Å². The molecule has 0 saturated carbocycles. The quantitative estimate of drug-likeness (QED) is 0.170. The molecule has 4 heteroatoms. The van der Waals surface area contributed by atoms with Crippen molar-refractivity contribution in [2.45, 2.75) is 24.5 Å². The van der Waals surface area contributed by atoms with Crippen LogP contribution < -0.4 is 14.4 Å². The van der Waals surface area contributed by atoms with E-state index >= 15 is 0 Å². The number of rotatable bonds is 6. The Morgan fingerprint density at radius 1 is 0.600 bits per heavy atom. The molecule has 0 saturated heterocycles. The molecule has 0 amide bonds. The molecule has 0 spiro atoms. The molecule has 7 aromatic carbocycles. The normalized spacial score (nSPS) is 17.4. The van der Waals surface area contributed by atoms with Gasteiger partial charge < -0.3 is 14.4 Å². The Bertz CT molecular complexity index is 2780. The van der Waals surface area contributed by atoms with Crippen LogP contribution in [0.4, 0.5) is 5.69 Å². The summed E-state index contributed by atoms with van der Waals surface area (Å²) in [7, 11) is 0. The van der Waals surface area contributed by atoms with E-state index in [-0.39, 0.29) is 12.2 Å². The smallest absolute Gasteiger partial charge is 0.170 e. The number of hydrogen-bond donors (Lipinski definition) is 0. The Hall–Kier alpha value is -6.36. The third-order valence-electron chi connectivity index (χ3n) is 11.7. The predicted molar refractivity (Wildman–Crippen MR) is 228 cm³/mol. The minimum absolute atomic E-state index is 0.250. The van der Waals surface area contributed by atoms with Crippen LogP contribution in [-0.4, -0.2) is 18.8 Å². The summed E-state index contributed by atoms with van der Waals surface area (Å²) >= 11 is 1.86. The van der Waals surface area contributed by atoms with Crippen LogP contribution in [0.15, 0.2) is 188 Å². The first-order valence-electron chi connectivity index (χ1n) is 19.1. The molecular weight excluding hydrogens is 691 g/mol. The molecule has 1 aliphatic heterocycles. The number of nitrogens with zero attached hydrogens (tertiary/aromatic N) is 1. The van der Waals surface area contributed by atoms with Crippen molar-refractivity contribution in [3.8, 4) is 33.8 Å². The second-order valence-corrected chi connectivity index (χ2v) is 15.6. The maximum atomic E-state index is 7.02. The van der Waals surface area contributed by atoms with Gasteiger partial charge in [0.15, 0.2) is 23.7 Å². The fourth-order valence-corrected chi connectivity index (χ4v) is 10.5. The number of fused-ring (bicyclic) bond motifs is 9. The molecule has 3 nitrogen and oxygen atoms in total. The van der Waals surface area contributed by atoms with Gasteiger partial charge in [-0.2, -0.15) is 0 Å². The average Bonchev–Trinajstić information content (AvgIpc) is 3.78. The Morgan fingerprint density at radius 3 is 2.07 bits per heavy atom. The molecule has 55 heavy (non-hydrogen) atoms. The Kier molecular flexibility index (Phi) is 7.36. The fourth-order valence-electron chi connectivity index (χ4n) is 9.33. The Labute approximate surface area is 325 Å². The maximum Gasteiger partial charge on any atom is 0.170 e. The first-order chi connectivity index (χ1) is 27.2. The van der Waals surface area contributed by atoms with E-state index in [9.17, 15) is 0 Å². The molecule has 2 unspecified atom stereocenters. The number of ether oxygens (including phenoxy) is 2. The summed E-state index contributed by atoms with van der Waals surface area (Å²) in [5, 5.41) is 2.66. The van der Waals surface area contributed by atoms with Crippen LogP contribution in [0, 0.1) is 0 Å². The molecule has 0 fully saturated rings. The van der Waals surface area contributed by atoms with Crippen molar-refractivity contribution >= 4 is 37.2 Å². The van der Waals surface area contributed by atoms with Crippen molar-refractivity contribution in [3.63, 3.8) is 0 Å². The van der Waals surface area contributed by atoms with Crippen LogP contribution in [0.3, 0.4) is 0 Å². The summed E-state index contributed by atoms with van der Waals surface area (Å²) in [4.78, 5) is 2.35. The van der Waals surface area contributed by atoms with Gasteiger partial charge in [0.25, 0.3) is 0 Å². The molecule has 1 aromatic heterocycles. The number of anilines is 1. The number of allylic oxidation sites excluding steroid dienone is 1. The van der Waals surface area contributed by atoms with Gasteiger partial charge in [0, 0.05) is 43.7 Å². The second kappa shape index (κ2) is 12.6. The van der Waals surface area contributed by atoms with E-state index in [4.69, 9.17) is 9.47 Å². The van der Waals surface area contributed by atoms with E-state index < -0.39 is 5.41 Å². The second-order valence-electron chi connectivity index (χ2n) is 14.5. The zero-order chi connectivity index (χ0) is 36.5. The highest BCUT2D eigenvalue weighted by molar-refractivity contribution is 7.25. The van der Waals surface area contributed by atoms with Gasteiger partial charge in [-0.1, -0.05) is 133 Å². The minimum Gasteiger partial charge on any atom is -0.478 e. The number of likely N-dealkylation sites (N-methyl/N-ethyl adjacent to an activating group) is 1. The third kappa shape index (κ3) is 4.81. The lowest BCUT2D eigenvalue weighted by atomic mass is 9.68. The standard InChI is InChI=1S/C51H37NO2S/c1-2-52(36-26-24-33(25-27-36)38-20-13-23-47-48(38)40-19-10-12-22-46(40)55-47)37-28-30-43-45(32-37)53-44-31-29-42-49(50(44)54-43)39-18-9-11-21-41(39)51(42,34-14-5-3-6-15-34)35-16-7-4-8-17-35/h3-32,43,45H,2H2,1H3. The molecule has 2 atom stereocenters. The zero-order valence-corrected chi connectivity index (χ0v) is 31.2. The van der Waals surface area contributed by atoms with Gasteiger partial charge >= 0.3 is 0 Å². The highest BCUT2D eigenvalue weighted by Crippen LogP contribution is 2.61. The van der Waals surface area contributed by atoms with Crippen LogP contribution >= 0.6 is 11.3 Å². The molecule has 264 valence electrons. The lowest BCUT2D eigenvalue weighted by molar-refractivity contribution is 0.0754. The van der Waals surface area contributed by atoms with Crippen LogP contribution in [0.1, 0.15) is 29.2 Å². The summed E-state index contributed by atoms with van der Waals surface area (Å²) in [6, 6.07) is 59.3. The Balaban J connectivity index is 0.944. The third-order valence-corrected chi connectivity index (χ3v) is 12.8.